The number of hydrogen-bond acceptors (Lipinski definition) is 9. The lowest BCUT2D eigenvalue weighted by Gasteiger charge is -2.27. The fraction of sp³-hybridized carbons (Fsp3) is 0.333. The molecule has 314 valence electrons. The number of nitrogens with zero attached hydrogens (tertiary/aromatic N) is 2. The summed E-state index contributed by atoms with van der Waals surface area (Å²) in [6, 6.07) is 15.5. The summed E-state index contributed by atoms with van der Waals surface area (Å²) in [7, 11) is -14.3. The van der Waals surface area contributed by atoms with E-state index in [4.69, 9.17) is 5.11 Å². The number of carboxylic acids is 1. The Bertz CT molecular complexity index is 2780. The number of thiophene rings is 1. The summed E-state index contributed by atoms with van der Waals surface area (Å²) >= 11 is 1.67. The van der Waals surface area contributed by atoms with Crippen LogP contribution in [0, 0.1) is 0 Å². The molecule has 0 radical (unpaired) electrons. The van der Waals surface area contributed by atoms with Gasteiger partial charge in [0.2, 0.25) is 5.69 Å². The normalized spacial score (nSPS) is 17.2. The van der Waals surface area contributed by atoms with Gasteiger partial charge in [0, 0.05) is 58.1 Å². The molecule has 2 aliphatic rings. The Morgan fingerprint density at radius 1 is 0.797 bits per heavy atom. The standard InChI is InChI=1S/C42H46N2O11S4/c1-41(2)32-19-18-30-31(26-29(58(50,51)52)27-36(30)59(53,54)55)40(32)44(22-12-24-57(47,48)49)38(41)15-8-5-7-14-37-42(3,4)33-25-28(35-13-11-23-56-35)17-20-34(33)43(37)21-10-6-9-16-39(45)46/h5,7-8,11,13-15,17-20,23,25-27H,6,9-10,12,16,21-22,24H2,1-4H3,(H3-,45,46,47,48,49,50,51,52,53,54,55)/p+1. The Kier molecular flexibility index (Phi) is 12.3. The van der Waals surface area contributed by atoms with Crippen LogP contribution < -0.4 is 4.90 Å². The molecular weight excluding hydrogens is 837 g/mol. The van der Waals surface area contributed by atoms with Gasteiger partial charge in [0.15, 0.2) is 5.71 Å². The van der Waals surface area contributed by atoms with Crippen molar-refractivity contribution in [3.8, 4) is 10.4 Å². The zero-order chi connectivity index (χ0) is 43.1. The Morgan fingerprint density at radius 2 is 1.54 bits per heavy atom. The topological polar surface area (TPSA) is 207 Å². The molecule has 13 nitrogen and oxygen atoms in total. The Hall–Kier alpha value is -4.49. The van der Waals surface area contributed by atoms with Crippen LogP contribution in [0.1, 0.15) is 70.9 Å². The number of fused-ring (bicyclic) bond motifs is 4. The minimum atomic E-state index is -4.97. The van der Waals surface area contributed by atoms with E-state index in [0.29, 0.717) is 36.0 Å². The van der Waals surface area contributed by atoms with Crippen LogP contribution in [0.3, 0.4) is 0 Å². The first-order valence-electron chi connectivity index (χ1n) is 18.9. The van der Waals surface area contributed by atoms with Gasteiger partial charge in [0.25, 0.3) is 30.4 Å². The lowest BCUT2D eigenvalue weighted by Crippen LogP contribution is -2.28. The minimum Gasteiger partial charge on any atom is -0.481 e. The van der Waals surface area contributed by atoms with Gasteiger partial charge in [-0.25, -0.2) is 0 Å². The monoisotopic (exact) mass is 883 g/mol. The van der Waals surface area contributed by atoms with E-state index in [9.17, 15) is 43.7 Å². The summed E-state index contributed by atoms with van der Waals surface area (Å²) in [6.07, 6.45) is 11.7. The predicted octanol–water partition coefficient (Wildman–Crippen LogP) is 8.15. The third-order valence-electron chi connectivity index (χ3n) is 11.0. The molecule has 0 saturated carbocycles. The average molecular weight is 884 g/mol. The molecule has 0 spiro atoms. The number of carbonyl (C=O) groups is 1. The largest absolute Gasteiger partial charge is 0.481 e. The van der Waals surface area contributed by atoms with E-state index in [1.807, 2.05) is 49.6 Å². The molecule has 2 aliphatic heterocycles. The van der Waals surface area contributed by atoms with Crippen molar-refractivity contribution in [1.29, 1.82) is 0 Å². The number of hydrogen-bond donors (Lipinski definition) is 4. The van der Waals surface area contributed by atoms with Crippen molar-refractivity contribution in [3.63, 3.8) is 0 Å². The molecule has 0 bridgehead atoms. The van der Waals surface area contributed by atoms with Gasteiger partial charge in [-0.1, -0.05) is 62.8 Å². The van der Waals surface area contributed by atoms with Gasteiger partial charge in [0.1, 0.15) is 11.4 Å². The van der Waals surface area contributed by atoms with Crippen LogP contribution in [-0.4, -0.2) is 79.1 Å². The van der Waals surface area contributed by atoms with Crippen molar-refractivity contribution in [1.82, 2.24) is 0 Å². The number of rotatable bonds is 16. The summed E-state index contributed by atoms with van der Waals surface area (Å²) in [4.78, 5) is 13.1. The van der Waals surface area contributed by atoms with E-state index in [2.05, 4.69) is 49.1 Å². The second kappa shape index (κ2) is 16.5. The van der Waals surface area contributed by atoms with Crippen LogP contribution in [0.25, 0.3) is 21.2 Å². The molecule has 4 aromatic rings. The van der Waals surface area contributed by atoms with E-state index in [1.165, 1.54) is 16.5 Å². The second-order valence-electron chi connectivity index (χ2n) is 15.7. The quantitative estimate of drug-likeness (QED) is 0.0364. The fourth-order valence-electron chi connectivity index (χ4n) is 8.14. The van der Waals surface area contributed by atoms with Crippen LogP contribution in [-0.2, 0) is 46.0 Å². The van der Waals surface area contributed by atoms with E-state index >= 15 is 0 Å². The van der Waals surface area contributed by atoms with E-state index < -0.39 is 57.3 Å². The van der Waals surface area contributed by atoms with Crippen LogP contribution in [0.5, 0.6) is 0 Å². The molecule has 3 heterocycles. The fourth-order valence-corrected chi connectivity index (χ4v) is 10.7. The molecule has 59 heavy (non-hydrogen) atoms. The van der Waals surface area contributed by atoms with Crippen molar-refractivity contribution in [3.05, 3.63) is 107 Å². The summed E-state index contributed by atoms with van der Waals surface area (Å²) in [6.45, 7) is 8.86. The maximum absolute atomic E-state index is 12.5. The molecule has 17 heteroatoms. The first-order valence-corrected chi connectivity index (χ1v) is 24.3. The van der Waals surface area contributed by atoms with E-state index in [-0.39, 0.29) is 35.6 Å². The van der Waals surface area contributed by atoms with E-state index in [1.54, 1.807) is 22.0 Å². The van der Waals surface area contributed by atoms with Crippen molar-refractivity contribution in [2.45, 2.75) is 80.4 Å². The Labute approximate surface area is 349 Å². The summed E-state index contributed by atoms with van der Waals surface area (Å²) in [5.74, 6) is -1.39. The smallest absolute Gasteiger partial charge is 0.303 e. The predicted molar refractivity (Wildman–Crippen MR) is 230 cm³/mol. The van der Waals surface area contributed by atoms with Crippen molar-refractivity contribution >= 4 is 75.5 Å². The molecule has 0 aliphatic carbocycles. The number of aliphatic carboxylic acids is 1. The van der Waals surface area contributed by atoms with Crippen molar-refractivity contribution < 1.29 is 53.4 Å². The zero-order valence-corrected chi connectivity index (χ0v) is 36.3. The highest BCUT2D eigenvalue weighted by Gasteiger charge is 2.46. The highest BCUT2D eigenvalue weighted by atomic mass is 32.2. The Balaban J connectivity index is 1.41. The SMILES string of the molecule is CC1(C)C(/C=C/C=C/C=C2/N(CCCCCC(=O)O)c3ccc(-c4cccs4)cc3C2(C)C)=[N+](CCCS(=O)(=O)O)c2c1ccc1c(S(=O)(=O)O)cc(S(=O)(=O)O)cc21. The molecule has 0 amide bonds. The maximum Gasteiger partial charge on any atom is 0.303 e. The van der Waals surface area contributed by atoms with Crippen LogP contribution in [0.2, 0.25) is 0 Å². The first-order chi connectivity index (χ1) is 27.5. The number of unbranched alkanes of at least 4 members (excludes halogenated alkanes) is 2. The first kappa shape index (κ1) is 44.1. The van der Waals surface area contributed by atoms with Crippen LogP contribution in [0.15, 0.2) is 106 Å². The minimum absolute atomic E-state index is 0.0138. The maximum atomic E-state index is 12.5. The van der Waals surface area contributed by atoms with Crippen molar-refractivity contribution in [2.24, 2.45) is 0 Å². The van der Waals surface area contributed by atoms with Gasteiger partial charge >= 0.3 is 5.97 Å². The lowest BCUT2D eigenvalue weighted by molar-refractivity contribution is -0.435. The third-order valence-corrected chi connectivity index (χ3v) is 14.4. The second-order valence-corrected chi connectivity index (χ2v) is 21.0. The van der Waals surface area contributed by atoms with Gasteiger partial charge in [-0.15, -0.1) is 11.3 Å². The molecule has 4 N–H and O–H groups in total. The summed E-state index contributed by atoms with van der Waals surface area (Å²) in [5.41, 5.74) is 4.91. The molecular formula is C42H47N2O11S4+. The van der Waals surface area contributed by atoms with Crippen molar-refractivity contribution in [2.75, 3.05) is 23.7 Å². The lowest BCUT2D eigenvalue weighted by atomic mass is 9.80. The van der Waals surface area contributed by atoms with Gasteiger partial charge < -0.3 is 10.0 Å². The molecule has 0 fully saturated rings. The summed E-state index contributed by atoms with van der Waals surface area (Å²) in [5, 5.41) is 11.2. The molecule has 0 atom stereocenters. The highest BCUT2D eigenvalue weighted by molar-refractivity contribution is 7.87. The summed E-state index contributed by atoms with van der Waals surface area (Å²) < 4.78 is 104. The molecule has 1 aromatic heterocycles. The zero-order valence-electron chi connectivity index (χ0n) is 33.0. The highest BCUT2D eigenvalue weighted by Crippen LogP contribution is 2.50. The number of anilines is 1. The van der Waals surface area contributed by atoms with Crippen LogP contribution in [0.4, 0.5) is 11.4 Å². The van der Waals surface area contributed by atoms with E-state index in [0.717, 1.165) is 35.9 Å². The molecule has 3 aromatic carbocycles. The Morgan fingerprint density at radius 3 is 2.19 bits per heavy atom. The number of benzene rings is 3. The number of allylic oxidation sites excluding steroid dienone is 6. The van der Waals surface area contributed by atoms with Gasteiger partial charge in [-0.05, 0) is 79.6 Å². The van der Waals surface area contributed by atoms with Gasteiger partial charge in [-0.2, -0.15) is 29.8 Å². The molecule has 0 unspecified atom stereocenters. The third kappa shape index (κ3) is 9.31. The molecule has 6 rings (SSSR count). The number of carboxylic acid groups (broad SMARTS) is 1. The average Bonchev–Trinajstić information content (AvgIpc) is 3.80. The van der Waals surface area contributed by atoms with Gasteiger partial charge in [0.05, 0.1) is 21.4 Å². The molecule has 0 saturated heterocycles. The van der Waals surface area contributed by atoms with Crippen LogP contribution >= 0.6 is 11.3 Å². The van der Waals surface area contributed by atoms with Gasteiger partial charge in [-0.3, -0.25) is 18.5 Å².